The summed E-state index contributed by atoms with van der Waals surface area (Å²) in [7, 11) is -3.90. The third-order valence-electron chi connectivity index (χ3n) is 4.52. The molecule has 0 spiro atoms. The first-order valence-corrected chi connectivity index (χ1v) is 9.54. The van der Waals surface area contributed by atoms with Crippen LogP contribution in [-0.4, -0.2) is 67.6 Å². The van der Waals surface area contributed by atoms with E-state index < -0.39 is 33.6 Å². The molecule has 2 heterocycles. The van der Waals surface area contributed by atoms with Gasteiger partial charge in [0.15, 0.2) is 11.6 Å². The monoisotopic (exact) mass is 372 g/mol. The lowest BCUT2D eigenvalue weighted by atomic mass is 10.2. The van der Waals surface area contributed by atoms with E-state index in [4.69, 9.17) is 0 Å². The lowest BCUT2D eigenvalue weighted by Crippen LogP contribution is -2.67. The van der Waals surface area contributed by atoms with Crippen molar-refractivity contribution in [2.75, 3.05) is 31.1 Å². The number of hydrogen-bond acceptors (Lipinski definition) is 6. The Morgan fingerprint density at radius 2 is 1.84 bits per heavy atom. The maximum absolute atomic E-state index is 13.9. The van der Waals surface area contributed by atoms with Crippen molar-refractivity contribution in [3.05, 3.63) is 30.1 Å². The van der Waals surface area contributed by atoms with Crippen molar-refractivity contribution in [1.82, 2.24) is 14.9 Å². The van der Waals surface area contributed by atoms with Crippen molar-refractivity contribution in [2.45, 2.75) is 24.6 Å². The summed E-state index contributed by atoms with van der Waals surface area (Å²) < 4.78 is 40.8. The highest BCUT2D eigenvalue weighted by Gasteiger charge is 2.45. The van der Waals surface area contributed by atoms with Crippen molar-refractivity contribution >= 4 is 21.6 Å². The minimum atomic E-state index is -3.90. The Morgan fingerprint density at radius 3 is 2.44 bits per heavy atom. The van der Waals surface area contributed by atoms with Crippen LogP contribution in [0.5, 0.6) is 0 Å². The van der Waals surface area contributed by atoms with E-state index in [-0.39, 0.29) is 18.9 Å². The lowest BCUT2D eigenvalue weighted by Gasteiger charge is -2.39. The smallest absolute Gasteiger partial charge is 0.244 e. The third-order valence-corrected chi connectivity index (χ3v) is 6.87. The highest BCUT2D eigenvalue weighted by Crippen LogP contribution is 2.23. The first-order chi connectivity index (χ1) is 11.8. The molecule has 3 N–H and O–H groups in total. The average Bonchev–Trinajstić information content (AvgIpc) is 2.54. The number of aliphatic hydroxyl groups excluding tert-OH is 1. The second kappa shape index (κ2) is 6.87. The predicted molar refractivity (Wildman–Crippen MR) is 89.6 cm³/mol. The van der Waals surface area contributed by atoms with Gasteiger partial charge in [-0.2, -0.15) is 4.31 Å². The number of carbonyl (C=O) groups excluding carboxylic acids is 1. The van der Waals surface area contributed by atoms with Gasteiger partial charge in [-0.25, -0.2) is 12.8 Å². The fourth-order valence-corrected chi connectivity index (χ4v) is 5.19. The van der Waals surface area contributed by atoms with Crippen LogP contribution in [0.25, 0.3) is 0 Å². The van der Waals surface area contributed by atoms with E-state index in [2.05, 4.69) is 10.6 Å². The third kappa shape index (κ3) is 3.47. The molecule has 0 aliphatic carbocycles. The molecule has 25 heavy (non-hydrogen) atoms. The molecule has 2 aliphatic rings. The Kier molecular flexibility index (Phi) is 4.96. The summed E-state index contributed by atoms with van der Waals surface area (Å²) in [5.74, 6) is -1.08. The van der Waals surface area contributed by atoms with E-state index in [1.807, 2.05) is 0 Å². The number of carbonyl (C=O) groups is 1. The second-order valence-corrected chi connectivity index (χ2v) is 8.22. The molecular weight excluding hydrogens is 351 g/mol. The standard InChI is InChI=1S/C15H21FN4O4S/c1-10-13(14(21)18-15(22)17-10)25(23,24)20-8-6-19(7-9-20)12-5-3-2-4-11(12)16/h2-5,10,13,15,17,22H,6-9H2,1H3,(H,18,21). The quantitative estimate of drug-likeness (QED) is 0.631. The molecule has 3 rings (SSSR count). The Balaban J connectivity index is 1.71. The fourth-order valence-electron chi connectivity index (χ4n) is 3.27. The number of anilines is 1. The van der Waals surface area contributed by atoms with Gasteiger partial charge in [-0.05, 0) is 19.1 Å². The molecule has 1 aromatic carbocycles. The van der Waals surface area contributed by atoms with E-state index in [9.17, 15) is 22.7 Å². The second-order valence-electron chi connectivity index (χ2n) is 6.17. The zero-order valence-electron chi connectivity index (χ0n) is 13.7. The molecule has 2 aliphatic heterocycles. The number of sulfonamides is 1. The number of nitrogens with zero attached hydrogens (tertiary/aromatic N) is 2. The Hall–Kier alpha value is -1.75. The van der Waals surface area contributed by atoms with Gasteiger partial charge >= 0.3 is 0 Å². The number of nitrogens with one attached hydrogen (secondary N) is 2. The van der Waals surface area contributed by atoms with E-state index in [0.29, 0.717) is 18.8 Å². The normalized spacial score (nSPS) is 28.7. The number of benzene rings is 1. The minimum Gasteiger partial charge on any atom is -0.367 e. The van der Waals surface area contributed by atoms with Gasteiger partial charge in [0, 0.05) is 32.2 Å². The zero-order chi connectivity index (χ0) is 18.2. The largest absolute Gasteiger partial charge is 0.367 e. The minimum absolute atomic E-state index is 0.162. The highest BCUT2D eigenvalue weighted by molar-refractivity contribution is 7.90. The van der Waals surface area contributed by atoms with Crippen LogP contribution < -0.4 is 15.5 Å². The van der Waals surface area contributed by atoms with E-state index in [0.717, 1.165) is 0 Å². The molecule has 0 bridgehead atoms. The van der Waals surface area contributed by atoms with Gasteiger partial charge in [0.1, 0.15) is 5.82 Å². The average molecular weight is 372 g/mol. The lowest BCUT2D eigenvalue weighted by molar-refractivity contribution is -0.128. The molecule has 0 aromatic heterocycles. The van der Waals surface area contributed by atoms with Gasteiger partial charge in [-0.1, -0.05) is 12.1 Å². The maximum Gasteiger partial charge on any atom is 0.244 e. The summed E-state index contributed by atoms with van der Waals surface area (Å²) in [6, 6.07) is 5.62. The van der Waals surface area contributed by atoms with Crippen LogP contribution in [0.1, 0.15) is 6.92 Å². The summed E-state index contributed by atoms with van der Waals surface area (Å²) in [5.41, 5.74) is 0.438. The summed E-state index contributed by atoms with van der Waals surface area (Å²) >= 11 is 0. The van der Waals surface area contributed by atoms with E-state index in [1.165, 1.54) is 10.4 Å². The summed E-state index contributed by atoms with van der Waals surface area (Å²) in [5, 5.41) is 12.9. The van der Waals surface area contributed by atoms with Crippen LogP contribution in [0.4, 0.5) is 10.1 Å². The van der Waals surface area contributed by atoms with Crippen LogP contribution in [0.2, 0.25) is 0 Å². The van der Waals surface area contributed by atoms with Gasteiger partial charge < -0.3 is 15.3 Å². The molecule has 2 fully saturated rings. The molecule has 3 atom stereocenters. The van der Waals surface area contributed by atoms with Gasteiger partial charge in [0.05, 0.1) is 5.69 Å². The number of rotatable bonds is 3. The van der Waals surface area contributed by atoms with Crippen LogP contribution >= 0.6 is 0 Å². The van der Waals surface area contributed by atoms with Crippen LogP contribution in [0, 0.1) is 5.82 Å². The van der Waals surface area contributed by atoms with Crippen LogP contribution in [0.3, 0.4) is 0 Å². The number of amides is 1. The molecule has 1 amide bonds. The van der Waals surface area contributed by atoms with Gasteiger partial charge in [-0.3, -0.25) is 10.1 Å². The van der Waals surface area contributed by atoms with Crippen LogP contribution in [0.15, 0.2) is 24.3 Å². The van der Waals surface area contributed by atoms with Gasteiger partial charge in [0.2, 0.25) is 15.9 Å². The predicted octanol–water partition coefficient (Wildman–Crippen LogP) is -0.970. The van der Waals surface area contributed by atoms with Gasteiger partial charge in [-0.15, -0.1) is 0 Å². The number of hydrogen-bond donors (Lipinski definition) is 3. The zero-order valence-corrected chi connectivity index (χ0v) is 14.5. The summed E-state index contributed by atoms with van der Waals surface area (Å²) in [4.78, 5) is 13.8. The van der Waals surface area contributed by atoms with Crippen molar-refractivity contribution in [1.29, 1.82) is 0 Å². The molecule has 1 aromatic rings. The van der Waals surface area contributed by atoms with E-state index in [1.54, 1.807) is 30.0 Å². The fraction of sp³-hybridized carbons (Fsp3) is 0.533. The SMILES string of the molecule is CC1NC(O)NC(=O)C1S(=O)(=O)N1CCN(c2ccccc2F)CC1. The molecule has 138 valence electrons. The topological polar surface area (TPSA) is 102 Å². The highest BCUT2D eigenvalue weighted by atomic mass is 32.2. The number of piperazine rings is 1. The first kappa shape index (κ1) is 18.1. The van der Waals surface area contributed by atoms with Crippen molar-refractivity contribution in [2.24, 2.45) is 0 Å². The van der Waals surface area contributed by atoms with Crippen molar-refractivity contribution in [3.63, 3.8) is 0 Å². The van der Waals surface area contributed by atoms with Crippen molar-refractivity contribution in [3.8, 4) is 0 Å². The summed E-state index contributed by atoms with van der Waals surface area (Å²) in [6.45, 7) is 2.53. The molecule has 0 radical (unpaired) electrons. The molecule has 2 saturated heterocycles. The maximum atomic E-state index is 13.9. The molecular formula is C15H21FN4O4S. The molecule has 0 saturated carbocycles. The van der Waals surface area contributed by atoms with Crippen molar-refractivity contribution < 1.29 is 22.7 Å². The Bertz CT molecular complexity index is 752. The molecule has 8 nitrogen and oxygen atoms in total. The molecule has 10 heteroatoms. The number of halogens is 1. The Morgan fingerprint density at radius 1 is 1.20 bits per heavy atom. The van der Waals surface area contributed by atoms with E-state index >= 15 is 0 Å². The van der Waals surface area contributed by atoms with Crippen LogP contribution in [-0.2, 0) is 14.8 Å². The Labute approximate surface area is 145 Å². The number of aliphatic hydroxyl groups is 1. The first-order valence-electron chi connectivity index (χ1n) is 8.03. The molecule has 3 unspecified atom stereocenters. The number of para-hydroxylation sites is 1. The summed E-state index contributed by atoms with van der Waals surface area (Å²) in [6.07, 6.45) is -1.26. The van der Waals surface area contributed by atoms with Gasteiger partial charge in [0.25, 0.3) is 0 Å².